The van der Waals surface area contributed by atoms with Gasteiger partial charge < -0.3 is 8.75 Å². The number of thioether (sulfide) groups is 1. The van der Waals surface area contributed by atoms with E-state index in [0.717, 1.165) is 22.1 Å². The van der Waals surface area contributed by atoms with Crippen LogP contribution in [-0.4, -0.2) is 14.0 Å². The van der Waals surface area contributed by atoms with Gasteiger partial charge in [-0.2, -0.15) is 0 Å². The monoisotopic (exact) mass is 502 g/mol. The molecule has 0 fully saturated rings. The number of hydrogen-bond acceptors (Lipinski definition) is 5. The number of benzene rings is 2. The molecule has 9 heteroatoms. The first kappa shape index (κ1) is 20.6. The van der Waals surface area contributed by atoms with Crippen LogP contribution in [-0.2, 0) is 6.54 Å². The van der Waals surface area contributed by atoms with Crippen LogP contribution in [0.2, 0.25) is 10.0 Å². The van der Waals surface area contributed by atoms with E-state index in [1.54, 1.807) is 30.7 Å². The van der Waals surface area contributed by atoms with Crippen LogP contribution in [0.4, 0.5) is 4.79 Å². The highest BCUT2D eigenvalue weighted by Crippen LogP contribution is 2.37. The van der Waals surface area contributed by atoms with Crippen LogP contribution in [0, 0.1) is 0 Å². The summed E-state index contributed by atoms with van der Waals surface area (Å²) in [5.74, 6) is 0.398. The zero-order valence-corrected chi connectivity index (χ0v) is 18.5. The second kappa shape index (κ2) is 9.89. The second-order valence-corrected chi connectivity index (χ2v) is 9.31. The summed E-state index contributed by atoms with van der Waals surface area (Å²) < 4.78 is 8.23. The average molecular weight is 504 g/mol. The predicted molar refractivity (Wildman–Crippen MR) is 117 cm³/mol. The molecule has 0 bridgehead atoms. The lowest BCUT2D eigenvalue weighted by atomic mass is 10.1. The molecule has 3 rings (SSSR count). The van der Waals surface area contributed by atoms with Gasteiger partial charge in [0.05, 0.1) is 16.6 Å². The van der Waals surface area contributed by atoms with E-state index < -0.39 is 0 Å². The third-order valence-electron chi connectivity index (χ3n) is 3.51. The summed E-state index contributed by atoms with van der Waals surface area (Å²) in [6, 6.07) is 12.8. The Bertz CT molecular complexity index is 908. The fourth-order valence-corrected chi connectivity index (χ4v) is 4.67. The normalized spacial score (nSPS) is 12.0. The second-order valence-electron chi connectivity index (χ2n) is 5.41. The van der Waals surface area contributed by atoms with E-state index >= 15 is 0 Å². The zero-order chi connectivity index (χ0) is 19.2. The van der Waals surface area contributed by atoms with Crippen molar-refractivity contribution in [1.29, 1.82) is 0 Å². The number of rotatable bonds is 6. The molecule has 1 unspecified atom stereocenters. The molecule has 0 aliphatic carbocycles. The van der Waals surface area contributed by atoms with Crippen molar-refractivity contribution in [2.45, 2.75) is 11.8 Å². The Labute approximate surface area is 183 Å². The maximum absolute atomic E-state index is 12.5. The summed E-state index contributed by atoms with van der Waals surface area (Å²) in [5.41, 5.74) is 1.04. The Balaban J connectivity index is 1.67. The van der Waals surface area contributed by atoms with Crippen molar-refractivity contribution in [1.82, 2.24) is 9.55 Å². The Hall–Kier alpha value is -1.12. The largest absolute Gasteiger partial charge is 0.415 e. The number of aromatic nitrogens is 2. The number of carbonyl (C=O) groups is 1. The number of hydrogen-bond donors (Lipinski definition) is 0. The van der Waals surface area contributed by atoms with Crippen LogP contribution in [0.5, 0.6) is 5.75 Å². The molecule has 1 atom stereocenters. The molecule has 140 valence electrons. The van der Waals surface area contributed by atoms with Crippen molar-refractivity contribution >= 4 is 67.4 Å². The van der Waals surface area contributed by atoms with E-state index in [1.807, 2.05) is 35.0 Å². The van der Waals surface area contributed by atoms with Gasteiger partial charge in [0.15, 0.2) is 5.75 Å². The van der Waals surface area contributed by atoms with Crippen molar-refractivity contribution in [3.05, 3.63) is 81.3 Å². The number of nitrogens with zero attached hydrogens (tertiary/aromatic N) is 2. The first-order valence-corrected chi connectivity index (χ1v) is 10.9. The highest BCUT2D eigenvalue weighted by Gasteiger charge is 2.20. The Kier molecular flexibility index (Phi) is 7.55. The lowest BCUT2D eigenvalue weighted by Crippen LogP contribution is -2.06. The fourth-order valence-electron chi connectivity index (χ4n) is 2.23. The Morgan fingerprint density at radius 1 is 1.22 bits per heavy atom. The summed E-state index contributed by atoms with van der Waals surface area (Å²) in [4.78, 5) is 16.5. The fraction of sp³-hybridized carbons (Fsp3) is 0.111. The van der Waals surface area contributed by atoms with Gasteiger partial charge in [-0.3, -0.25) is 4.79 Å². The van der Waals surface area contributed by atoms with Crippen LogP contribution in [0.15, 0.2) is 65.7 Å². The van der Waals surface area contributed by atoms with Crippen molar-refractivity contribution in [3.8, 4) is 5.75 Å². The molecular weight excluding hydrogens is 491 g/mol. The van der Waals surface area contributed by atoms with Gasteiger partial charge >= 0.3 is 0 Å². The third-order valence-corrected chi connectivity index (χ3v) is 6.36. The number of imidazole rings is 1. The van der Waals surface area contributed by atoms with Gasteiger partial charge in [0.1, 0.15) is 12.0 Å². The lowest BCUT2D eigenvalue weighted by Gasteiger charge is -2.16. The van der Waals surface area contributed by atoms with E-state index in [4.69, 9.17) is 27.4 Å². The van der Waals surface area contributed by atoms with Crippen LogP contribution < -0.4 is 4.18 Å². The summed E-state index contributed by atoms with van der Waals surface area (Å²) in [6.45, 7) is 0.611. The summed E-state index contributed by atoms with van der Waals surface area (Å²) >= 11 is 17.3. The van der Waals surface area contributed by atoms with Gasteiger partial charge in [-0.25, -0.2) is 4.98 Å². The quantitative estimate of drug-likeness (QED) is 0.331. The van der Waals surface area contributed by atoms with Crippen LogP contribution in [0.3, 0.4) is 0 Å². The topological polar surface area (TPSA) is 44.1 Å². The van der Waals surface area contributed by atoms with Gasteiger partial charge in [-0.05, 0) is 35.9 Å². The molecule has 1 heterocycles. The molecule has 0 N–H and O–H groups in total. The van der Waals surface area contributed by atoms with E-state index in [0.29, 0.717) is 22.3 Å². The average Bonchev–Trinajstić information content (AvgIpc) is 3.14. The molecule has 0 saturated carbocycles. The maximum Gasteiger partial charge on any atom is 0.285 e. The van der Waals surface area contributed by atoms with Gasteiger partial charge in [-0.1, -0.05) is 63.0 Å². The minimum atomic E-state index is -0.172. The van der Waals surface area contributed by atoms with Crippen molar-refractivity contribution in [3.63, 3.8) is 0 Å². The third kappa shape index (κ3) is 6.19. The first-order chi connectivity index (χ1) is 13.0. The zero-order valence-electron chi connectivity index (χ0n) is 13.7. The molecule has 0 radical (unpaired) electrons. The summed E-state index contributed by atoms with van der Waals surface area (Å²) in [6.07, 6.45) is 5.31. The molecule has 27 heavy (non-hydrogen) atoms. The molecule has 0 aliphatic rings. The van der Waals surface area contributed by atoms with Crippen molar-refractivity contribution in [2.75, 3.05) is 0 Å². The highest BCUT2D eigenvalue weighted by molar-refractivity contribution is 9.10. The first-order valence-electron chi connectivity index (χ1n) is 7.72. The molecule has 0 amide bonds. The predicted octanol–water partition coefficient (Wildman–Crippen LogP) is 7.27. The lowest BCUT2D eigenvalue weighted by molar-refractivity contribution is 0.275. The number of carbonyl (C=O) groups excluding carboxylic acids is 1. The standard InChI is InChI=1S/C18H13BrCl2N2O2S2/c19-13-3-1-12(2-4-13)17(10-23-8-7-22-11-23)26-18(24)27-25-16-6-5-14(20)9-15(16)21/h1-9,11,17H,10H2. The van der Waals surface area contributed by atoms with Crippen molar-refractivity contribution in [2.24, 2.45) is 0 Å². The van der Waals surface area contributed by atoms with E-state index in [2.05, 4.69) is 20.9 Å². The SMILES string of the molecule is O=C(SOc1ccc(Cl)cc1Cl)SC(Cn1ccnc1)c1ccc(Br)cc1. The number of halogens is 3. The summed E-state index contributed by atoms with van der Waals surface area (Å²) in [5, 5.41) is 0.779. The minimum Gasteiger partial charge on any atom is -0.415 e. The van der Waals surface area contributed by atoms with Gasteiger partial charge in [0, 0.05) is 28.4 Å². The van der Waals surface area contributed by atoms with Gasteiger partial charge in [0.25, 0.3) is 4.45 Å². The molecular formula is C18H13BrCl2N2O2S2. The molecule has 0 saturated heterocycles. The van der Waals surface area contributed by atoms with Crippen LogP contribution in [0.1, 0.15) is 10.8 Å². The molecule has 3 aromatic rings. The molecule has 2 aromatic carbocycles. The van der Waals surface area contributed by atoms with Crippen LogP contribution in [0.25, 0.3) is 0 Å². The molecule has 0 spiro atoms. The molecule has 0 aliphatic heterocycles. The van der Waals surface area contributed by atoms with E-state index in [-0.39, 0.29) is 9.70 Å². The van der Waals surface area contributed by atoms with Crippen LogP contribution >= 0.6 is 62.9 Å². The van der Waals surface area contributed by atoms with E-state index in [9.17, 15) is 4.79 Å². The van der Waals surface area contributed by atoms with E-state index in [1.165, 1.54) is 11.8 Å². The Morgan fingerprint density at radius 2 is 2.00 bits per heavy atom. The summed E-state index contributed by atoms with van der Waals surface area (Å²) in [7, 11) is 0. The van der Waals surface area contributed by atoms with Crippen molar-refractivity contribution < 1.29 is 8.98 Å². The minimum absolute atomic E-state index is 0.0865. The molecule has 4 nitrogen and oxygen atoms in total. The Morgan fingerprint density at radius 3 is 2.67 bits per heavy atom. The highest BCUT2D eigenvalue weighted by atomic mass is 79.9. The maximum atomic E-state index is 12.5. The molecule has 1 aromatic heterocycles. The van der Waals surface area contributed by atoms with Gasteiger partial charge in [-0.15, -0.1) is 0 Å². The smallest absolute Gasteiger partial charge is 0.285 e. The van der Waals surface area contributed by atoms with Gasteiger partial charge in [0.2, 0.25) is 0 Å².